The molecular weight excluding hydrogens is 232 g/mol. The molecule has 0 unspecified atom stereocenters. The van der Waals surface area contributed by atoms with Crippen LogP contribution in [0, 0.1) is 0 Å². The van der Waals surface area contributed by atoms with Gasteiger partial charge in [0, 0.05) is 0 Å². The van der Waals surface area contributed by atoms with Gasteiger partial charge < -0.3 is 14.9 Å². The second-order valence-electron chi connectivity index (χ2n) is 4.91. The number of hydrogen-bond acceptors (Lipinski definition) is 3. The second kappa shape index (κ2) is 5.40. The Balaban J connectivity index is 1.97. The van der Waals surface area contributed by atoms with E-state index in [1.807, 2.05) is 0 Å². The molecule has 0 aromatic heterocycles. The third-order valence-corrected chi connectivity index (χ3v) is 3.37. The third-order valence-electron chi connectivity index (χ3n) is 3.37. The zero-order valence-electron chi connectivity index (χ0n) is 10.3. The van der Waals surface area contributed by atoms with Gasteiger partial charge >= 0.3 is 5.97 Å². The maximum absolute atomic E-state index is 10.8. The Morgan fingerprint density at radius 1 is 1.28 bits per heavy atom. The molecule has 1 aromatic carbocycles. The van der Waals surface area contributed by atoms with E-state index in [9.17, 15) is 9.90 Å². The molecular formula is C14H18O4. The molecule has 1 aliphatic carbocycles. The van der Waals surface area contributed by atoms with Crippen molar-refractivity contribution < 1.29 is 19.7 Å². The van der Waals surface area contributed by atoms with Crippen molar-refractivity contribution in [1.82, 2.24) is 0 Å². The Kier molecular flexibility index (Phi) is 3.87. The zero-order chi connectivity index (χ0) is 13.0. The fourth-order valence-corrected chi connectivity index (χ4v) is 2.29. The molecule has 1 fully saturated rings. The van der Waals surface area contributed by atoms with E-state index in [-0.39, 0.29) is 12.2 Å². The van der Waals surface area contributed by atoms with Gasteiger partial charge in [0.2, 0.25) is 0 Å². The van der Waals surface area contributed by atoms with Gasteiger partial charge in [0.05, 0.1) is 11.2 Å². The van der Waals surface area contributed by atoms with E-state index < -0.39 is 11.6 Å². The normalized spacial score (nSPS) is 18.3. The fourth-order valence-electron chi connectivity index (χ4n) is 2.29. The van der Waals surface area contributed by atoms with Crippen LogP contribution in [0.4, 0.5) is 0 Å². The van der Waals surface area contributed by atoms with Crippen LogP contribution in [0.15, 0.2) is 24.3 Å². The highest BCUT2D eigenvalue weighted by Crippen LogP contribution is 2.28. The fraction of sp³-hybridized carbons (Fsp3) is 0.500. The van der Waals surface area contributed by atoms with Gasteiger partial charge in [-0.1, -0.05) is 25.3 Å². The molecule has 0 radical (unpaired) electrons. The number of aromatic carboxylic acids is 1. The van der Waals surface area contributed by atoms with Crippen LogP contribution in [0.3, 0.4) is 0 Å². The number of carboxylic acids is 1. The van der Waals surface area contributed by atoms with E-state index in [0.29, 0.717) is 5.75 Å². The lowest BCUT2D eigenvalue weighted by Crippen LogP contribution is -2.37. The molecule has 1 aliphatic rings. The monoisotopic (exact) mass is 250 g/mol. The van der Waals surface area contributed by atoms with Crippen molar-refractivity contribution in [2.45, 2.75) is 37.7 Å². The topological polar surface area (TPSA) is 66.8 Å². The van der Waals surface area contributed by atoms with Crippen molar-refractivity contribution in [3.05, 3.63) is 29.8 Å². The molecule has 0 bridgehead atoms. The van der Waals surface area contributed by atoms with Crippen molar-refractivity contribution in [2.75, 3.05) is 6.61 Å². The Morgan fingerprint density at radius 3 is 2.67 bits per heavy atom. The van der Waals surface area contributed by atoms with Gasteiger partial charge in [-0.25, -0.2) is 4.79 Å². The highest BCUT2D eigenvalue weighted by Gasteiger charge is 2.29. The summed E-state index contributed by atoms with van der Waals surface area (Å²) in [6.07, 6.45) is 4.72. The van der Waals surface area contributed by atoms with E-state index in [0.717, 1.165) is 32.1 Å². The molecule has 98 valence electrons. The average Bonchev–Trinajstić information content (AvgIpc) is 2.38. The molecule has 2 rings (SSSR count). The Hall–Kier alpha value is -1.55. The minimum atomic E-state index is -0.975. The van der Waals surface area contributed by atoms with Crippen LogP contribution < -0.4 is 4.74 Å². The summed E-state index contributed by atoms with van der Waals surface area (Å²) < 4.78 is 5.53. The molecule has 0 atom stereocenters. The van der Waals surface area contributed by atoms with Gasteiger partial charge in [0.1, 0.15) is 12.4 Å². The molecule has 0 aliphatic heterocycles. The Bertz CT molecular complexity index is 422. The van der Waals surface area contributed by atoms with Crippen LogP contribution in [0.2, 0.25) is 0 Å². The number of carboxylic acid groups (broad SMARTS) is 1. The molecule has 0 amide bonds. The molecule has 0 spiro atoms. The summed E-state index contributed by atoms with van der Waals surface area (Å²) in [7, 11) is 0. The first kappa shape index (κ1) is 12.9. The van der Waals surface area contributed by atoms with Gasteiger partial charge in [0.15, 0.2) is 0 Å². The largest absolute Gasteiger partial charge is 0.491 e. The van der Waals surface area contributed by atoms with Gasteiger partial charge in [0.25, 0.3) is 0 Å². The van der Waals surface area contributed by atoms with Crippen LogP contribution in [0.5, 0.6) is 5.75 Å². The number of carbonyl (C=O) groups is 1. The zero-order valence-corrected chi connectivity index (χ0v) is 10.3. The van der Waals surface area contributed by atoms with Crippen molar-refractivity contribution in [3.63, 3.8) is 0 Å². The van der Waals surface area contributed by atoms with Crippen LogP contribution >= 0.6 is 0 Å². The van der Waals surface area contributed by atoms with E-state index >= 15 is 0 Å². The average molecular weight is 250 g/mol. The highest BCUT2D eigenvalue weighted by molar-refractivity contribution is 5.87. The van der Waals surface area contributed by atoms with Crippen molar-refractivity contribution >= 4 is 5.97 Å². The second-order valence-corrected chi connectivity index (χ2v) is 4.91. The van der Waals surface area contributed by atoms with Gasteiger partial charge in [-0.15, -0.1) is 0 Å². The van der Waals surface area contributed by atoms with Crippen LogP contribution in [-0.4, -0.2) is 28.4 Å². The molecule has 4 heteroatoms. The van der Waals surface area contributed by atoms with Crippen LogP contribution in [-0.2, 0) is 0 Å². The van der Waals surface area contributed by atoms with Gasteiger partial charge in [-0.2, -0.15) is 0 Å². The van der Waals surface area contributed by atoms with Crippen molar-refractivity contribution in [1.29, 1.82) is 0 Å². The Morgan fingerprint density at radius 2 is 2.00 bits per heavy atom. The van der Waals surface area contributed by atoms with Crippen molar-refractivity contribution in [3.8, 4) is 5.75 Å². The maximum atomic E-state index is 10.8. The molecule has 0 heterocycles. The number of aliphatic hydroxyl groups is 1. The first-order chi connectivity index (χ1) is 8.59. The molecule has 1 aromatic rings. The molecule has 0 saturated heterocycles. The smallest absolute Gasteiger partial charge is 0.335 e. The lowest BCUT2D eigenvalue weighted by molar-refractivity contribution is -0.0339. The maximum Gasteiger partial charge on any atom is 0.335 e. The van der Waals surface area contributed by atoms with E-state index in [2.05, 4.69) is 0 Å². The van der Waals surface area contributed by atoms with Crippen LogP contribution in [0.1, 0.15) is 42.5 Å². The summed E-state index contributed by atoms with van der Waals surface area (Å²) in [5.74, 6) is -0.481. The van der Waals surface area contributed by atoms with Crippen molar-refractivity contribution in [2.24, 2.45) is 0 Å². The number of ether oxygens (including phenoxy) is 1. The molecule has 2 N–H and O–H groups in total. The molecule has 1 saturated carbocycles. The molecule has 18 heavy (non-hydrogen) atoms. The standard InChI is InChI=1S/C14H18O4/c15-13(16)11-5-4-6-12(9-11)18-10-14(17)7-2-1-3-8-14/h4-6,9,17H,1-3,7-8,10H2,(H,15,16). The first-order valence-electron chi connectivity index (χ1n) is 6.28. The first-order valence-corrected chi connectivity index (χ1v) is 6.28. The molecule has 4 nitrogen and oxygen atoms in total. The van der Waals surface area contributed by atoms with E-state index in [4.69, 9.17) is 9.84 Å². The SMILES string of the molecule is O=C(O)c1cccc(OCC2(O)CCCCC2)c1. The quantitative estimate of drug-likeness (QED) is 0.861. The predicted octanol–water partition coefficient (Wildman–Crippen LogP) is 2.46. The van der Waals surface area contributed by atoms with E-state index in [1.165, 1.54) is 12.1 Å². The van der Waals surface area contributed by atoms with E-state index in [1.54, 1.807) is 12.1 Å². The van der Waals surface area contributed by atoms with Crippen LogP contribution in [0.25, 0.3) is 0 Å². The summed E-state index contributed by atoms with van der Waals surface area (Å²) >= 11 is 0. The van der Waals surface area contributed by atoms with Gasteiger partial charge in [-0.3, -0.25) is 0 Å². The summed E-state index contributed by atoms with van der Waals surface area (Å²) in [6.45, 7) is 0.232. The highest BCUT2D eigenvalue weighted by atomic mass is 16.5. The summed E-state index contributed by atoms with van der Waals surface area (Å²) in [5, 5.41) is 19.1. The third kappa shape index (κ3) is 3.23. The minimum Gasteiger partial charge on any atom is -0.491 e. The number of hydrogen-bond donors (Lipinski definition) is 2. The van der Waals surface area contributed by atoms with Gasteiger partial charge in [-0.05, 0) is 31.0 Å². The number of benzene rings is 1. The summed E-state index contributed by atoms with van der Waals surface area (Å²) in [4.78, 5) is 10.8. The number of rotatable bonds is 4. The lowest BCUT2D eigenvalue weighted by Gasteiger charge is -2.31. The summed E-state index contributed by atoms with van der Waals surface area (Å²) in [6, 6.07) is 6.35. The minimum absolute atomic E-state index is 0.197. The Labute approximate surface area is 106 Å². The predicted molar refractivity (Wildman–Crippen MR) is 66.9 cm³/mol. The lowest BCUT2D eigenvalue weighted by atomic mass is 9.85. The summed E-state index contributed by atoms with van der Waals surface area (Å²) in [5.41, 5.74) is -0.555.